The fraction of sp³-hybridized carbons (Fsp3) is 0.650. The molecule has 0 spiro atoms. The van der Waals surface area contributed by atoms with Crippen LogP contribution in [-0.2, 0) is 11.3 Å². The van der Waals surface area contributed by atoms with Crippen LogP contribution in [0.5, 0.6) is 5.75 Å². The summed E-state index contributed by atoms with van der Waals surface area (Å²) in [6.45, 7) is 4.77. The Balaban J connectivity index is 1.44. The second-order valence-corrected chi connectivity index (χ2v) is 7.58. The van der Waals surface area contributed by atoms with Gasteiger partial charge in [0.15, 0.2) is 0 Å². The second kappa shape index (κ2) is 7.56. The van der Waals surface area contributed by atoms with Crippen molar-refractivity contribution in [3.05, 3.63) is 29.8 Å². The van der Waals surface area contributed by atoms with Crippen molar-refractivity contribution in [1.82, 2.24) is 10.6 Å². The number of rotatable bonds is 7. The lowest BCUT2D eigenvalue weighted by atomic mass is 9.84. The summed E-state index contributed by atoms with van der Waals surface area (Å²) in [5, 5.41) is 6.55. The Hall–Kier alpha value is -1.55. The fourth-order valence-electron chi connectivity index (χ4n) is 4.59. The molecule has 2 aliphatic carbocycles. The monoisotopic (exact) mass is 330 g/mol. The number of ether oxygens (including phenoxy) is 1. The summed E-state index contributed by atoms with van der Waals surface area (Å²) in [6.07, 6.45) is 5.57. The molecule has 5 atom stereocenters. The first kappa shape index (κ1) is 17.3. The first-order valence-corrected chi connectivity index (χ1v) is 9.23. The molecule has 0 saturated heterocycles. The molecule has 0 aromatic heterocycles. The van der Waals surface area contributed by atoms with E-state index in [-0.39, 0.29) is 11.9 Å². The lowest BCUT2D eigenvalue weighted by Gasteiger charge is -2.30. The third kappa shape index (κ3) is 3.92. The van der Waals surface area contributed by atoms with E-state index in [0.717, 1.165) is 29.1 Å². The number of carbonyl (C=O) groups is 1. The minimum atomic E-state index is -0.155. The molecule has 2 fully saturated rings. The summed E-state index contributed by atoms with van der Waals surface area (Å²) in [5.74, 6) is 3.48. The minimum Gasteiger partial charge on any atom is -0.497 e. The molecular formula is C20H30N2O2. The largest absolute Gasteiger partial charge is 0.497 e. The van der Waals surface area contributed by atoms with Gasteiger partial charge in [-0.15, -0.1) is 0 Å². The van der Waals surface area contributed by atoms with Gasteiger partial charge in [0.1, 0.15) is 5.75 Å². The minimum absolute atomic E-state index is 0.0702. The quantitative estimate of drug-likeness (QED) is 0.808. The summed E-state index contributed by atoms with van der Waals surface area (Å²) in [5.41, 5.74) is 1.08. The molecule has 1 aromatic carbocycles. The van der Waals surface area contributed by atoms with Crippen LogP contribution in [0.25, 0.3) is 0 Å². The van der Waals surface area contributed by atoms with Crippen LogP contribution in [0, 0.1) is 17.8 Å². The number of nitrogens with one attached hydrogen (secondary N) is 2. The summed E-state index contributed by atoms with van der Waals surface area (Å²) < 4.78 is 5.15. The van der Waals surface area contributed by atoms with E-state index in [1.165, 1.54) is 25.7 Å². The van der Waals surface area contributed by atoms with Crippen LogP contribution in [0.15, 0.2) is 24.3 Å². The molecule has 0 aliphatic heterocycles. The highest BCUT2D eigenvalue weighted by Gasteiger charge is 2.42. The topological polar surface area (TPSA) is 50.4 Å². The van der Waals surface area contributed by atoms with E-state index in [4.69, 9.17) is 4.74 Å². The molecule has 24 heavy (non-hydrogen) atoms. The molecule has 4 heteroatoms. The molecule has 0 heterocycles. The molecule has 132 valence electrons. The van der Waals surface area contributed by atoms with Crippen molar-refractivity contribution in [2.45, 2.75) is 58.2 Å². The second-order valence-electron chi connectivity index (χ2n) is 7.58. The van der Waals surface area contributed by atoms with Gasteiger partial charge in [0.25, 0.3) is 0 Å². The van der Waals surface area contributed by atoms with E-state index in [1.54, 1.807) is 7.11 Å². The third-order valence-corrected chi connectivity index (χ3v) is 5.97. The van der Waals surface area contributed by atoms with Crippen LogP contribution < -0.4 is 15.4 Å². The Labute approximate surface area is 145 Å². The first-order valence-electron chi connectivity index (χ1n) is 9.23. The predicted octanol–water partition coefficient (Wildman–Crippen LogP) is 3.11. The summed E-state index contributed by atoms with van der Waals surface area (Å²) >= 11 is 0. The Morgan fingerprint density at radius 1 is 1.21 bits per heavy atom. The fourth-order valence-corrected chi connectivity index (χ4v) is 4.59. The average Bonchev–Trinajstić information content (AvgIpc) is 3.23. The number of methoxy groups -OCH3 is 1. The van der Waals surface area contributed by atoms with Gasteiger partial charge < -0.3 is 15.4 Å². The van der Waals surface area contributed by atoms with Crippen molar-refractivity contribution < 1.29 is 9.53 Å². The van der Waals surface area contributed by atoms with Crippen molar-refractivity contribution in [2.75, 3.05) is 7.11 Å². The Morgan fingerprint density at radius 2 is 1.96 bits per heavy atom. The van der Waals surface area contributed by atoms with Crippen molar-refractivity contribution >= 4 is 5.91 Å². The lowest BCUT2D eigenvalue weighted by molar-refractivity contribution is -0.123. The smallest absolute Gasteiger partial charge is 0.237 e. The zero-order valence-electron chi connectivity index (χ0n) is 15.0. The molecule has 1 aromatic rings. The van der Waals surface area contributed by atoms with E-state index < -0.39 is 0 Å². The molecule has 2 bridgehead atoms. The number of amides is 1. The van der Waals surface area contributed by atoms with Crippen molar-refractivity contribution in [2.24, 2.45) is 17.8 Å². The van der Waals surface area contributed by atoms with Gasteiger partial charge in [-0.25, -0.2) is 0 Å². The maximum atomic E-state index is 12.4. The van der Waals surface area contributed by atoms with Crippen LogP contribution in [0.2, 0.25) is 0 Å². The van der Waals surface area contributed by atoms with Gasteiger partial charge in [0, 0.05) is 12.6 Å². The molecule has 2 aliphatic rings. The summed E-state index contributed by atoms with van der Waals surface area (Å²) in [4.78, 5) is 12.4. The first-order chi connectivity index (χ1) is 11.6. The third-order valence-electron chi connectivity index (χ3n) is 5.97. The van der Waals surface area contributed by atoms with Gasteiger partial charge in [-0.3, -0.25) is 4.79 Å². The maximum absolute atomic E-state index is 12.4. The highest BCUT2D eigenvalue weighted by atomic mass is 16.5. The van der Waals surface area contributed by atoms with Crippen molar-refractivity contribution in [3.8, 4) is 5.75 Å². The Morgan fingerprint density at radius 3 is 2.54 bits per heavy atom. The maximum Gasteiger partial charge on any atom is 0.237 e. The van der Waals surface area contributed by atoms with E-state index in [2.05, 4.69) is 17.6 Å². The lowest BCUT2D eigenvalue weighted by Crippen LogP contribution is -2.48. The van der Waals surface area contributed by atoms with E-state index in [9.17, 15) is 4.79 Å². The van der Waals surface area contributed by atoms with E-state index >= 15 is 0 Å². The number of carbonyl (C=O) groups excluding carboxylic acids is 1. The SMILES string of the molecule is COc1ccc(CNC(=O)[C@H](C)N[C@@H](C)[C@@H]2C[C@H]3CC[C@H]2C3)cc1. The van der Waals surface area contributed by atoms with Gasteiger partial charge in [0.05, 0.1) is 13.2 Å². The van der Waals surface area contributed by atoms with Crippen LogP contribution >= 0.6 is 0 Å². The zero-order chi connectivity index (χ0) is 17.1. The molecule has 2 saturated carbocycles. The van der Waals surface area contributed by atoms with Crippen molar-refractivity contribution in [1.29, 1.82) is 0 Å². The number of hydrogen-bond donors (Lipinski definition) is 2. The van der Waals surface area contributed by atoms with Gasteiger partial charge in [-0.05, 0) is 68.6 Å². The Kier molecular flexibility index (Phi) is 5.44. The normalized spacial score (nSPS) is 27.7. The molecule has 0 unspecified atom stereocenters. The van der Waals surface area contributed by atoms with Gasteiger partial charge in [0.2, 0.25) is 5.91 Å². The number of hydrogen-bond acceptors (Lipinski definition) is 3. The Bertz CT molecular complexity index is 557. The molecule has 4 nitrogen and oxygen atoms in total. The number of fused-ring (bicyclic) bond motifs is 2. The van der Waals surface area contributed by atoms with Crippen LogP contribution in [0.1, 0.15) is 45.1 Å². The predicted molar refractivity (Wildman–Crippen MR) is 95.8 cm³/mol. The molecule has 1 amide bonds. The van der Waals surface area contributed by atoms with Gasteiger partial charge >= 0.3 is 0 Å². The molecule has 0 radical (unpaired) electrons. The average molecular weight is 330 g/mol. The highest BCUT2D eigenvalue weighted by molar-refractivity contribution is 5.81. The van der Waals surface area contributed by atoms with Crippen molar-refractivity contribution in [3.63, 3.8) is 0 Å². The summed E-state index contributed by atoms with van der Waals surface area (Å²) in [6, 6.07) is 8.06. The summed E-state index contributed by atoms with van der Waals surface area (Å²) in [7, 11) is 1.65. The van der Waals surface area contributed by atoms with E-state index in [1.807, 2.05) is 31.2 Å². The zero-order valence-corrected chi connectivity index (χ0v) is 15.0. The standard InChI is InChI=1S/C20H30N2O2/c1-13(19-11-16-4-7-17(19)10-16)22-14(2)20(23)21-12-15-5-8-18(24-3)9-6-15/h5-6,8-9,13-14,16-17,19,22H,4,7,10-12H2,1-3H3,(H,21,23)/t13-,14-,16-,17-,19-/m0/s1. The molecular weight excluding hydrogens is 300 g/mol. The number of benzene rings is 1. The van der Waals surface area contributed by atoms with E-state index in [0.29, 0.717) is 12.6 Å². The van der Waals surface area contributed by atoms with Crippen LogP contribution in [-0.4, -0.2) is 25.1 Å². The highest BCUT2D eigenvalue weighted by Crippen LogP contribution is 2.49. The van der Waals surface area contributed by atoms with Crippen LogP contribution in [0.4, 0.5) is 0 Å². The van der Waals surface area contributed by atoms with Gasteiger partial charge in [-0.1, -0.05) is 18.6 Å². The molecule has 2 N–H and O–H groups in total. The molecule has 3 rings (SSSR count). The van der Waals surface area contributed by atoms with Gasteiger partial charge in [-0.2, -0.15) is 0 Å². The van der Waals surface area contributed by atoms with Crippen LogP contribution in [0.3, 0.4) is 0 Å².